The van der Waals surface area contributed by atoms with Gasteiger partial charge in [0.15, 0.2) is 17.7 Å². The molecule has 0 saturated carbocycles. The van der Waals surface area contributed by atoms with E-state index in [1.165, 1.54) is 17.2 Å². The minimum atomic E-state index is -1.47. The highest BCUT2D eigenvalue weighted by Gasteiger charge is 2.44. The minimum Gasteiger partial charge on any atom is -0.394 e. The predicted molar refractivity (Wildman–Crippen MR) is 68.8 cm³/mol. The van der Waals surface area contributed by atoms with Crippen LogP contribution in [0.4, 0.5) is 5.82 Å². The maximum atomic E-state index is 10.1. The summed E-state index contributed by atoms with van der Waals surface area (Å²) in [7, 11) is 0. The third kappa shape index (κ3) is 2.13. The van der Waals surface area contributed by atoms with Crippen LogP contribution in [-0.2, 0) is 4.74 Å². The van der Waals surface area contributed by atoms with Crippen molar-refractivity contribution in [2.45, 2.75) is 30.6 Å². The maximum Gasteiger partial charge on any atom is 0.167 e. The first kappa shape index (κ1) is 14.1. The largest absolute Gasteiger partial charge is 0.394 e. The number of aliphatic hydroxyl groups excluding tert-OH is 4. The van der Waals surface area contributed by atoms with Crippen LogP contribution in [0.2, 0.25) is 0 Å². The molecule has 0 aliphatic carbocycles. The van der Waals surface area contributed by atoms with Gasteiger partial charge in [-0.05, 0) is 0 Å². The van der Waals surface area contributed by atoms with Gasteiger partial charge in [0.1, 0.15) is 36.3 Å². The van der Waals surface area contributed by atoms with E-state index in [9.17, 15) is 20.4 Å². The molecule has 6 N–H and O–H groups in total. The number of nitrogens with zero attached hydrogens (tertiary/aromatic N) is 4. The van der Waals surface area contributed by atoms with Crippen LogP contribution in [0.15, 0.2) is 12.7 Å². The summed E-state index contributed by atoms with van der Waals surface area (Å²) in [6.07, 6.45) is -3.82. The van der Waals surface area contributed by atoms with Crippen molar-refractivity contribution >= 4 is 17.0 Å². The van der Waals surface area contributed by atoms with Crippen molar-refractivity contribution < 1.29 is 25.2 Å². The van der Waals surface area contributed by atoms with E-state index in [1.807, 2.05) is 0 Å². The zero-order valence-corrected chi connectivity index (χ0v) is 10.8. The number of fused-ring (bicyclic) bond motifs is 1. The monoisotopic (exact) mass is 297 g/mol. The van der Waals surface area contributed by atoms with E-state index in [4.69, 9.17) is 10.5 Å². The summed E-state index contributed by atoms with van der Waals surface area (Å²) >= 11 is 0. The van der Waals surface area contributed by atoms with Gasteiger partial charge in [-0.25, -0.2) is 15.0 Å². The molecule has 0 amide bonds. The van der Waals surface area contributed by atoms with Gasteiger partial charge in [-0.2, -0.15) is 0 Å². The molecular formula is C11H15N5O5. The van der Waals surface area contributed by atoms with Gasteiger partial charge in [0.05, 0.1) is 12.9 Å². The summed E-state index contributed by atoms with van der Waals surface area (Å²) in [6.45, 7) is -0.509. The lowest BCUT2D eigenvalue weighted by molar-refractivity contribution is -0.250. The minimum absolute atomic E-state index is 0.170. The summed E-state index contributed by atoms with van der Waals surface area (Å²) in [6, 6.07) is 0. The molecule has 114 valence electrons. The molecule has 10 nitrogen and oxygen atoms in total. The van der Waals surface area contributed by atoms with Crippen molar-refractivity contribution in [2.24, 2.45) is 0 Å². The summed E-state index contributed by atoms with van der Waals surface area (Å²) in [5.74, 6) is 0.170. The molecule has 1 fully saturated rings. The molecule has 3 rings (SSSR count). The number of anilines is 1. The van der Waals surface area contributed by atoms with Crippen LogP contribution in [0, 0.1) is 0 Å². The van der Waals surface area contributed by atoms with Crippen LogP contribution in [-0.4, -0.2) is 71.0 Å². The Morgan fingerprint density at radius 2 is 1.90 bits per heavy atom. The highest BCUT2D eigenvalue weighted by atomic mass is 16.6. The molecule has 2 aromatic rings. The Morgan fingerprint density at radius 3 is 2.62 bits per heavy atom. The molecule has 0 radical (unpaired) electrons. The van der Waals surface area contributed by atoms with Crippen LogP contribution < -0.4 is 5.73 Å². The zero-order chi connectivity index (χ0) is 15.1. The molecule has 0 spiro atoms. The fraction of sp³-hybridized carbons (Fsp3) is 0.545. The number of ether oxygens (including phenoxy) is 1. The van der Waals surface area contributed by atoms with E-state index in [0.717, 1.165) is 0 Å². The van der Waals surface area contributed by atoms with Gasteiger partial charge >= 0.3 is 0 Å². The smallest absolute Gasteiger partial charge is 0.167 e. The predicted octanol–water partition coefficient (Wildman–Crippen LogP) is -2.62. The molecule has 1 saturated heterocycles. The van der Waals surface area contributed by atoms with Crippen LogP contribution in [0.3, 0.4) is 0 Å². The van der Waals surface area contributed by atoms with Crippen LogP contribution in [0.25, 0.3) is 11.2 Å². The first-order valence-electron chi connectivity index (χ1n) is 6.28. The summed E-state index contributed by atoms with van der Waals surface area (Å²) in [4.78, 5) is 11.9. The molecule has 1 aliphatic rings. The Bertz CT molecular complexity index is 647. The number of hydrogen-bond donors (Lipinski definition) is 5. The third-order valence-electron chi connectivity index (χ3n) is 3.53. The van der Waals surface area contributed by atoms with Gasteiger partial charge in [0.25, 0.3) is 0 Å². The van der Waals surface area contributed by atoms with E-state index in [-0.39, 0.29) is 5.82 Å². The number of aromatic nitrogens is 4. The second-order valence-corrected chi connectivity index (χ2v) is 4.80. The normalized spacial score (nSPS) is 33.4. The standard InChI is InChI=1S/C11H15N5O5/c12-9-5-10(14-2-13-9)16(3-15-5)11-8(20)7(19)6(18)4(1-17)21-11/h2-4,6-8,11,17-20H,1H2,(H2,12,13,14)/t4-,6+,7+,8-,11-/m0/s1. The highest BCUT2D eigenvalue weighted by Crippen LogP contribution is 2.30. The number of nitrogens with two attached hydrogens (primary N) is 1. The average molecular weight is 297 g/mol. The first-order valence-corrected chi connectivity index (χ1v) is 6.28. The van der Waals surface area contributed by atoms with E-state index in [2.05, 4.69) is 15.0 Å². The number of aliphatic hydroxyl groups is 4. The molecule has 10 heteroatoms. The Balaban J connectivity index is 2.03. The van der Waals surface area contributed by atoms with Gasteiger partial charge < -0.3 is 30.9 Å². The van der Waals surface area contributed by atoms with Crippen LogP contribution in [0.5, 0.6) is 0 Å². The van der Waals surface area contributed by atoms with Crippen molar-refractivity contribution in [2.75, 3.05) is 12.3 Å². The Morgan fingerprint density at radius 1 is 1.14 bits per heavy atom. The van der Waals surface area contributed by atoms with Gasteiger partial charge in [-0.3, -0.25) is 4.57 Å². The molecule has 0 aromatic carbocycles. The van der Waals surface area contributed by atoms with Crippen molar-refractivity contribution in [1.29, 1.82) is 0 Å². The number of imidazole rings is 1. The summed E-state index contributed by atoms with van der Waals surface area (Å²) < 4.78 is 6.81. The molecule has 21 heavy (non-hydrogen) atoms. The lowest BCUT2D eigenvalue weighted by Gasteiger charge is -2.40. The first-order chi connectivity index (χ1) is 10.0. The van der Waals surface area contributed by atoms with Crippen molar-refractivity contribution in [3.63, 3.8) is 0 Å². The second kappa shape index (κ2) is 5.16. The van der Waals surface area contributed by atoms with Crippen molar-refractivity contribution in [1.82, 2.24) is 19.5 Å². The summed E-state index contributed by atoms with van der Waals surface area (Å²) in [5, 5.41) is 38.8. The molecule has 0 unspecified atom stereocenters. The molecule has 1 aliphatic heterocycles. The quantitative estimate of drug-likeness (QED) is 0.400. The number of hydrogen-bond acceptors (Lipinski definition) is 9. The Hall–Kier alpha value is -1.85. The van der Waals surface area contributed by atoms with E-state index in [0.29, 0.717) is 11.2 Å². The fourth-order valence-electron chi connectivity index (χ4n) is 2.37. The fourth-order valence-corrected chi connectivity index (χ4v) is 2.37. The lowest BCUT2D eigenvalue weighted by Crippen LogP contribution is -2.56. The third-order valence-corrected chi connectivity index (χ3v) is 3.53. The number of nitrogen functional groups attached to an aromatic ring is 1. The average Bonchev–Trinajstić information content (AvgIpc) is 2.91. The summed E-state index contributed by atoms with van der Waals surface area (Å²) in [5.41, 5.74) is 6.32. The number of rotatable bonds is 2. The van der Waals surface area contributed by atoms with Crippen LogP contribution >= 0.6 is 0 Å². The van der Waals surface area contributed by atoms with Gasteiger partial charge in [-0.1, -0.05) is 0 Å². The van der Waals surface area contributed by atoms with E-state index >= 15 is 0 Å². The van der Waals surface area contributed by atoms with Gasteiger partial charge in [0, 0.05) is 0 Å². The zero-order valence-electron chi connectivity index (χ0n) is 10.8. The van der Waals surface area contributed by atoms with E-state index in [1.54, 1.807) is 0 Å². The Kier molecular flexibility index (Phi) is 3.47. The SMILES string of the molecule is Nc1ncnc2c1ncn2[C@H]1O[C@@H](CO)[C@@H](O)[C@@H](O)[C@@H]1O. The molecule has 5 atom stereocenters. The van der Waals surface area contributed by atoms with Crippen molar-refractivity contribution in [3.05, 3.63) is 12.7 Å². The van der Waals surface area contributed by atoms with Gasteiger partial charge in [-0.15, -0.1) is 0 Å². The molecule has 2 aromatic heterocycles. The second-order valence-electron chi connectivity index (χ2n) is 4.80. The van der Waals surface area contributed by atoms with E-state index < -0.39 is 37.3 Å². The topological polar surface area (TPSA) is 160 Å². The lowest BCUT2D eigenvalue weighted by atomic mass is 9.98. The molecular weight excluding hydrogens is 282 g/mol. The van der Waals surface area contributed by atoms with Crippen LogP contribution in [0.1, 0.15) is 6.23 Å². The highest BCUT2D eigenvalue weighted by molar-refractivity contribution is 5.81. The Labute approximate surface area is 118 Å². The van der Waals surface area contributed by atoms with Crippen molar-refractivity contribution in [3.8, 4) is 0 Å². The molecule has 3 heterocycles. The molecule has 0 bridgehead atoms. The maximum absolute atomic E-state index is 10.1. The van der Waals surface area contributed by atoms with Gasteiger partial charge in [0.2, 0.25) is 0 Å².